The lowest BCUT2D eigenvalue weighted by molar-refractivity contribution is -0.140. The number of ether oxygens (including phenoxy) is 2. The van der Waals surface area contributed by atoms with Gasteiger partial charge in [0.1, 0.15) is 15.8 Å². The molecule has 0 spiro atoms. The van der Waals surface area contributed by atoms with Crippen molar-refractivity contribution < 1.29 is 34.1 Å². The van der Waals surface area contributed by atoms with Crippen molar-refractivity contribution in [2.45, 2.75) is 59.4 Å². The molecule has 13 heteroatoms. The van der Waals surface area contributed by atoms with E-state index in [1.807, 2.05) is 13.8 Å². The minimum Gasteiger partial charge on any atom is -0.481 e. The first kappa shape index (κ1) is 31.6. The van der Waals surface area contributed by atoms with Crippen molar-refractivity contribution in [3.05, 3.63) is 23.2 Å². The minimum atomic E-state index is -0.946. The molecule has 2 unspecified atom stereocenters. The van der Waals surface area contributed by atoms with Crippen LogP contribution in [0, 0.1) is 10.8 Å². The number of carbonyl (C=O) groups is 3. The van der Waals surface area contributed by atoms with Crippen molar-refractivity contribution in [3.8, 4) is 5.75 Å². The molecule has 1 aromatic carbocycles. The number of carboxylic acids is 2. The van der Waals surface area contributed by atoms with Gasteiger partial charge in [0.2, 0.25) is 0 Å². The van der Waals surface area contributed by atoms with Crippen molar-refractivity contribution in [2.24, 2.45) is 15.8 Å². The first-order valence-corrected chi connectivity index (χ1v) is 16.8. The molecule has 2 aromatic rings. The van der Waals surface area contributed by atoms with Crippen LogP contribution in [0.1, 0.15) is 58.4 Å². The Labute approximate surface area is 244 Å². The Balaban J connectivity index is 1.37. The predicted molar refractivity (Wildman–Crippen MR) is 161 cm³/mol. The molecule has 0 saturated carbocycles. The van der Waals surface area contributed by atoms with Crippen LogP contribution in [0.2, 0.25) is 0 Å². The van der Waals surface area contributed by atoms with Gasteiger partial charge in [-0.25, -0.2) is 14.6 Å². The molecule has 2 heterocycles. The second kappa shape index (κ2) is 14.1. The molecule has 1 aliphatic rings. The van der Waals surface area contributed by atoms with E-state index in [0.717, 1.165) is 34.6 Å². The van der Waals surface area contributed by atoms with Crippen LogP contribution in [0.4, 0.5) is 4.79 Å². The van der Waals surface area contributed by atoms with E-state index in [0.29, 0.717) is 28.0 Å². The number of fused-ring (bicyclic) bond motifs is 1. The molecule has 0 saturated heterocycles. The Hall–Kier alpha value is -1.96. The van der Waals surface area contributed by atoms with E-state index in [-0.39, 0.29) is 23.9 Å². The molecule has 1 aliphatic heterocycles. The number of rotatable bonds is 15. The number of thiazole rings is 1. The number of carboxylic acid groups (broad SMARTS) is 2. The molecule has 0 fully saturated rings. The lowest BCUT2D eigenvalue weighted by atomic mass is 9.72. The minimum absolute atomic E-state index is 0.0567. The smallest absolute Gasteiger partial charge is 0.481 e. The Morgan fingerprint density at radius 2 is 1.95 bits per heavy atom. The highest BCUT2D eigenvalue weighted by Gasteiger charge is 2.33. The van der Waals surface area contributed by atoms with Crippen LogP contribution in [-0.2, 0) is 14.3 Å². The van der Waals surface area contributed by atoms with Gasteiger partial charge in [-0.3, -0.25) is 9.79 Å². The van der Waals surface area contributed by atoms with Crippen molar-refractivity contribution >= 4 is 78.0 Å². The Morgan fingerprint density at radius 1 is 1.18 bits per heavy atom. The first-order chi connectivity index (χ1) is 18.4. The number of carbonyl (C=O) groups excluding carboxylic acids is 1. The number of thioether (sulfide) groups is 1. The van der Waals surface area contributed by atoms with E-state index in [2.05, 4.69) is 23.8 Å². The van der Waals surface area contributed by atoms with Gasteiger partial charge in [0.15, 0.2) is 6.04 Å². The summed E-state index contributed by atoms with van der Waals surface area (Å²) in [6, 6.07) is 4.35. The summed E-state index contributed by atoms with van der Waals surface area (Å²) in [6.45, 7) is 8.63. The van der Waals surface area contributed by atoms with E-state index in [1.165, 1.54) is 23.1 Å². The Kier molecular flexibility index (Phi) is 11.4. The standard InChI is InChI=1S/C26H34N2O7S4/c1-5-26(4,14-25(2,3)12-20(29)30)15-38-37-10-6-9-34-24(33)35-16-7-8-17-19(11-16)39-22(27-17)21-28-18(13-36-21)23(31)32/h7-8,11,18H,5-6,9-10,12-15H2,1-4H3,(H,29,30)(H,31,32). The Morgan fingerprint density at radius 3 is 2.62 bits per heavy atom. The number of aliphatic carboxylic acids is 2. The molecular formula is C26H34N2O7S4. The molecule has 39 heavy (non-hydrogen) atoms. The van der Waals surface area contributed by atoms with Crippen LogP contribution in [0.5, 0.6) is 5.75 Å². The van der Waals surface area contributed by atoms with Crippen LogP contribution < -0.4 is 4.74 Å². The van der Waals surface area contributed by atoms with Gasteiger partial charge < -0.3 is 19.7 Å². The quantitative estimate of drug-likeness (QED) is 0.0945. The van der Waals surface area contributed by atoms with Crippen LogP contribution in [0.15, 0.2) is 23.2 Å². The molecule has 9 nitrogen and oxygen atoms in total. The zero-order chi connectivity index (χ0) is 28.6. The highest BCUT2D eigenvalue weighted by atomic mass is 33.1. The van der Waals surface area contributed by atoms with Gasteiger partial charge in [-0.15, -0.1) is 23.1 Å². The fraction of sp³-hybridized carbons (Fsp3) is 0.577. The summed E-state index contributed by atoms with van der Waals surface area (Å²) in [5.74, 6) is 0.775. The second-order valence-corrected chi connectivity index (χ2v) is 15.1. The van der Waals surface area contributed by atoms with E-state index in [9.17, 15) is 14.4 Å². The molecular weight excluding hydrogens is 581 g/mol. The molecule has 0 amide bonds. The molecule has 1 aromatic heterocycles. The van der Waals surface area contributed by atoms with Crippen molar-refractivity contribution in [1.82, 2.24) is 4.98 Å². The summed E-state index contributed by atoms with van der Waals surface area (Å²) >= 11 is 2.74. The maximum absolute atomic E-state index is 12.1. The third-order valence-electron chi connectivity index (χ3n) is 6.15. The van der Waals surface area contributed by atoms with E-state index >= 15 is 0 Å². The maximum atomic E-state index is 12.1. The molecule has 0 aliphatic carbocycles. The SMILES string of the molecule is CCC(C)(CSSCCCOC(=O)Oc1ccc2nc(C3=NC(C(=O)O)CS3)sc2c1)CC(C)(C)CC(=O)O. The van der Waals surface area contributed by atoms with E-state index in [1.54, 1.807) is 39.8 Å². The average molecular weight is 615 g/mol. The monoisotopic (exact) mass is 614 g/mol. The fourth-order valence-corrected chi connectivity index (χ4v) is 9.15. The zero-order valence-electron chi connectivity index (χ0n) is 22.4. The normalized spacial score (nSPS) is 17.0. The fourth-order valence-electron chi connectivity index (χ4n) is 4.22. The summed E-state index contributed by atoms with van der Waals surface area (Å²) < 4.78 is 11.3. The third kappa shape index (κ3) is 9.87. The van der Waals surface area contributed by atoms with Crippen LogP contribution in [-0.4, -0.2) is 68.2 Å². The van der Waals surface area contributed by atoms with Gasteiger partial charge in [-0.1, -0.05) is 49.3 Å². The topological polar surface area (TPSA) is 135 Å². The van der Waals surface area contributed by atoms with Gasteiger partial charge >= 0.3 is 18.1 Å². The second-order valence-electron chi connectivity index (χ2n) is 10.5. The maximum Gasteiger partial charge on any atom is 0.513 e. The van der Waals surface area contributed by atoms with Crippen LogP contribution in [0.3, 0.4) is 0 Å². The van der Waals surface area contributed by atoms with Crippen molar-refractivity contribution in [3.63, 3.8) is 0 Å². The number of aromatic nitrogens is 1. The highest BCUT2D eigenvalue weighted by molar-refractivity contribution is 8.76. The van der Waals surface area contributed by atoms with E-state index < -0.39 is 24.1 Å². The summed E-state index contributed by atoms with van der Waals surface area (Å²) in [7, 11) is 3.50. The molecule has 0 bridgehead atoms. The molecule has 2 atom stereocenters. The summed E-state index contributed by atoms with van der Waals surface area (Å²) in [6.07, 6.45) is 1.91. The van der Waals surface area contributed by atoms with Gasteiger partial charge in [0.25, 0.3) is 0 Å². The summed E-state index contributed by atoms with van der Waals surface area (Å²) in [4.78, 5) is 43.2. The first-order valence-electron chi connectivity index (χ1n) is 12.5. The third-order valence-corrected chi connectivity index (χ3v) is 11.2. The zero-order valence-corrected chi connectivity index (χ0v) is 25.7. The van der Waals surface area contributed by atoms with Crippen LogP contribution >= 0.6 is 44.7 Å². The molecule has 2 N–H and O–H groups in total. The van der Waals surface area contributed by atoms with Crippen molar-refractivity contribution in [1.29, 1.82) is 0 Å². The summed E-state index contributed by atoms with van der Waals surface area (Å²) in [5.41, 5.74) is 0.524. The van der Waals surface area contributed by atoms with Gasteiger partial charge in [0, 0.05) is 23.3 Å². The predicted octanol–water partition coefficient (Wildman–Crippen LogP) is 6.84. The van der Waals surface area contributed by atoms with Crippen molar-refractivity contribution in [2.75, 3.05) is 23.9 Å². The molecule has 3 rings (SSSR count). The van der Waals surface area contributed by atoms with E-state index in [4.69, 9.17) is 19.7 Å². The van der Waals surface area contributed by atoms with Gasteiger partial charge in [-0.05, 0) is 42.2 Å². The molecule has 214 valence electrons. The average Bonchev–Trinajstić information content (AvgIpc) is 3.49. The number of nitrogens with zero attached hydrogens (tertiary/aromatic N) is 2. The van der Waals surface area contributed by atoms with Gasteiger partial charge in [0.05, 0.1) is 23.2 Å². The Bertz CT molecular complexity index is 1220. The molecule has 0 radical (unpaired) electrons. The largest absolute Gasteiger partial charge is 0.513 e. The van der Waals surface area contributed by atoms with Gasteiger partial charge in [-0.2, -0.15) is 0 Å². The lowest BCUT2D eigenvalue weighted by Gasteiger charge is -2.36. The highest BCUT2D eigenvalue weighted by Crippen LogP contribution is 2.43. The lowest BCUT2D eigenvalue weighted by Crippen LogP contribution is -2.29. The van der Waals surface area contributed by atoms with Crippen LogP contribution in [0.25, 0.3) is 10.2 Å². The number of aliphatic imine (C=N–C) groups is 1. The number of hydrogen-bond donors (Lipinski definition) is 2. The number of benzene rings is 1. The summed E-state index contributed by atoms with van der Waals surface area (Å²) in [5, 5.41) is 19.6. The number of hydrogen-bond acceptors (Lipinski definition) is 11.